The highest BCUT2D eigenvalue weighted by atomic mass is 16.1. The Hall–Kier alpha value is -3.40. The van der Waals surface area contributed by atoms with E-state index in [1.807, 2.05) is 14.1 Å². The Balaban J connectivity index is 0.000000208. The molecule has 0 amide bonds. The topological polar surface area (TPSA) is 58.2 Å². The van der Waals surface area contributed by atoms with Crippen molar-refractivity contribution in [2.45, 2.75) is 91.4 Å². The summed E-state index contributed by atoms with van der Waals surface area (Å²) in [7, 11) is 3.87. The lowest BCUT2D eigenvalue weighted by atomic mass is 9.49. The minimum Gasteiger partial charge on any atom is -0.388 e. The van der Waals surface area contributed by atoms with Crippen LogP contribution in [-0.4, -0.2) is 25.7 Å². The quantitative estimate of drug-likeness (QED) is 0.280. The Bertz CT molecular complexity index is 1360. The normalized spacial score (nSPS) is 22.7. The van der Waals surface area contributed by atoms with E-state index in [1.165, 1.54) is 27.8 Å². The highest BCUT2D eigenvalue weighted by Crippen LogP contribution is 2.58. The van der Waals surface area contributed by atoms with Crippen LogP contribution in [0.15, 0.2) is 60.7 Å². The van der Waals surface area contributed by atoms with Gasteiger partial charge in [-0.2, -0.15) is 0 Å². The first-order valence-corrected chi connectivity index (χ1v) is 15.7. The number of ketones is 2. The van der Waals surface area contributed by atoms with Gasteiger partial charge in [-0.05, 0) is 121 Å². The largest absolute Gasteiger partial charge is 0.388 e. The molecule has 0 radical (unpaired) electrons. The average Bonchev–Trinajstić information content (AvgIpc) is 2.97. The Labute approximate surface area is 253 Å². The van der Waals surface area contributed by atoms with Crippen molar-refractivity contribution in [3.63, 3.8) is 0 Å². The van der Waals surface area contributed by atoms with Gasteiger partial charge in [-0.3, -0.25) is 9.59 Å². The van der Waals surface area contributed by atoms with Gasteiger partial charge in [0.2, 0.25) is 0 Å². The standard InChI is InChI=1S/C23H32O2.C15H18N2/c1-14(2)18-12-17-8-9-21-22(5,16(4)25)10-7-11-23(21,6)20(17)13-19(18)15(3)24;1-16-14-7-3-12(4-8-14)11-13-5-9-15(17-2)10-6-13/h12-14,21H,7-11H2,1-6H3;3-10,16-17H,11H2,1-2H3. The van der Waals surface area contributed by atoms with E-state index in [0.717, 1.165) is 55.5 Å². The fourth-order valence-corrected chi connectivity index (χ4v) is 7.55. The summed E-state index contributed by atoms with van der Waals surface area (Å²) in [4.78, 5) is 24.8. The van der Waals surface area contributed by atoms with Crippen molar-refractivity contribution < 1.29 is 9.59 Å². The monoisotopic (exact) mass is 566 g/mol. The first kappa shape index (κ1) is 31.5. The maximum absolute atomic E-state index is 12.5. The third-order valence-corrected chi connectivity index (χ3v) is 10.2. The van der Waals surface area contributed by atoms with Gasteiger partial charge < -0.3 is 10.6 Å². The molecular formula is C38H50N2O2. The molecule has 3 aromatic carbocycles. The van der Waals surface area contributed by atoms with Crippen molar-refractivity contribution in [3.8, 4) is 0 Å². The first-order valence-electron chi connectivity index (χ1n) is 15.7. The molecule has 1 saturated carbocycles. The maximum atomic E-state index is 12.5. The molecule has 3 atom stereocenters. The maximum Gasteiger partial charge on any atom is 0.160 e. The van der Waals surface area contributed by atoms with Gasteiger partial charge in [0.15, 0.2) is 5.78 Å². The van der Waals surface area contributed by atoms with Crippen LogP contribution in [0.3, 0.4) is 0 Å². The van der Waals surface area contributed by atoms with Crippen LogP contribution in [0, 0.1) is 11.3 Å². The van der Waals surface area contributed by atoms with Crippen LogP contribution in [0.25, 0.3) is 0 Å². The molecule has 4 nitrogen and oxygen atoms in total. The summed E-state index contributed by atoms with van der Waals surface area (Å²) in [6, 6.07) is 21.6. The molecule has 0 aliphatic heterocycles. The van der Waals surface area contributed by atoms with Gasteiger partial charge in [-0.15, -0.1) is 0 Å². The average molecular weight is 567 g/mol. The molecule has 4 heteroatoms. The lowest BCUT2D eigenvalue weighted by Gasteiger charge is -2.54. The summed E-state index contributed by atoms with van der Waals surface area (Å²) < 4.78 is 0. The van der Waals surface area contributed by atoms with Crippen molar-refractivity contribution in [2.24, 2.45) is 11.3 Å². The number of fused-ring (bicyclic) bond motifs is 3. The van der Waals surface area contributed by atoms with Crippen LogP contribution >= 0.6 is 0 Å². The number of rotatable bonds is 7. The fraction of sp³-hybridized carbons (Fsp3) is 0.474. The molecule has 5 rings (SSSR count). The Morgan fingerprint density at radius 2 is 1.40 bits per heavy atom. The van der Waals surface area contributed by atoms with Gasteiger partial charge in [-0.1, -0.05) is 64.4 Å². The van der Waals surface area contributed by atoms with Gasteiger partial charge in [0.25, 0.3) is 0 Å². The van der Waals surface area contributed by atoms with E-state index in [1.54, 1.807) is 13.8 Å². The van der Waals surface area contributed by atoms with Gasteiger partial charge in [0, 0.05) is 36.4 Å². The molecule has 42 heavy (non-hydrogen) atoms. The van der Waals surface area contributed by atoms with Crippen molar-refractivity contribution in [1.29, 1.82) is 0 Å². The summed E-state index contributed by atoms with van der Waals surface area (Å²) >= 11 is 0. The minimum atomic E-state index is -0.224. The smallest absolute Gasteiger partial charge is 0.160 e. The second kappa shape index (κ2) is 12.9. The summed E-state index contributed by atoms with van der Waals surface area (Å²) in [5, 5.41) is 6.25. The number of aryl methyl sites for hydroxylation is 1. The second-order valence-corrected chi connectivity index (χ2v) is 13.2. The van der Waals surface area contributed by atoms with Crippen LogP contribution in [0.5, 0.6) is 0 Å². The Morgan fingerprint density at radius 3 is 1.86 bits per heavy atom. The van der Waals surface area contributed by atoms with Crippen LogP contribution in [-0.2, 0) is 23.1 Å². The van der Waals surface area contributed by atoms with E-state index in [2.05, 4.69) is 99.0 Å². The fourth-order valence-electron chi connectivity index (χ4n) is 7.55. The predicted molar refractivity (Wildman–Crippen MR) is 177 cm³/mol. The zero-order valence-corrected chi connectivity index (χ0v) is 27.0. The lowest BCUT2D eigenvalue weighted by Crippen LogP contribution is -2.51. The molecule has 3 unspecified atom stereocenters. The molecule has 0 spiro atoms. The van der Waals surface area contributed by atoms with Gasteiger partial charge in [0.05, 0.1) is 0 Å². The van der Waals surface area contributed by atoms with Crippen LogP contribution in [0.4, 0.5) is 11.4 Å². The van der Waals surface area contributed by atoms with E-state index in [4.69, 9.17) is 0 Å². The van der Waals surface area contributed by atoms with Gasteiger partial charge >= 0.3 is 0 Å². The number of nitrogens with one attached hydrogen (secondary N) is 2. The number of hydrogen-bond donors (Lipinski definition) is 2. The lowest BCUT2D eigenvalue weighted by molar-refractivity contribution is -0.134. The van der Waals surface area contributed by atoms with E-state index < -0.39 is 0 Å². The third kappa shape index (κ3) is 6.33. The summed E-state index contributed by atoms with van der Waals surface area (Å²) in [6.07, 6.45) is 6.29. The van der Waals surface area contributed by atoms with Crippen molar-refractivity contribution >= 4 is 22.9 Å². The van der Waals surface area contributed by atoms with Crippen molar-refractivity contribution in [3.05, 3.63) is 94.0 Å². The molecule has 2 aliphatic rings. The molecule has 0 aromatic heterocycles. The number of benzene rings is 3. The highest BCUT2D eigenvalue weighted by molar-refractivity contribution is 5.96. The van der Waals surface area contributed by atoms with Crippen LogP contribution < -0.4 is 10.6 Å². The van der Waals surface area contributed by atoms with E-state index in [0.29, 0.717) is 17.6 Å². The van der Waals surface area contributed by atoms with Crippen molar-refractivity contribution in [2.75, 3.05) is 24.7 Å². The van der Waals surface area contributed by atoms with Crippen LogP contribution in [0.1, 0.15) is 111 Å². The predicted octanol–water partition coefficient (Wildman–Crippen LogP) is 8.97. The summed E-state index contributed by atoms with van der Waals surface area (Å²) in [5.74, 6) is 1.21. The highest BCUT2D eigenvalue weighted by Gasteiger charge is 2.53. The minimum absolute atomic E-state index is 0.00592. The molecule has 3 aromatic rings. The first-order chi connectivity index (χ1) is 19.9. The number of carbonyl (C=O) groups excluding carboxylic acids is 2. The second-order valence-electron chi connectivity index (χ2n) is 13.2. The molecule has 224 valence electrons. The number of Topliss-reactive ketones (excluding diaryl/α,β-unsaturated/α-hetero) is 2. The molecule has 0 saturated heterocycles. The van der Waals surface area contributed by atoms with E-state index in [9.17, 15) is 9.59 Å². The van der Waals surface area contributed by atoms with E-state index in [-0.39, 0.29) is 16.6 Å². The van der Waals surface area contributed by atoms with Gasteiger partial charge in [0.1, 0.15) is 5.78 Å². The molecule has 0 bridgehead atoms. The Kier molecular flexibility index (Phi) is 9.65. The van der Waals surface area contributed by atoms with Crippen LogP contribution in [0.2, 0.25) is 0 Å². The summed E-state index contributed by atoms with van der Waals surface area (Å²) in [6.45, 7) is 12.3. The molecule has 1 fully saturated rings. The SMILES string of the molecule is CC(=O)c1cc2c(cc1C(C)C)CCC1C(C)(C(C)=O)CCCC21C.CNc1ccc(Cc2ccc(NC)cc2)cc1. The molecule has 0 heterocycles. The molecular weight excluding hydrogens is 516 g/mol. The van der Waals surface area contributed by atoms with Crippen molar-refractivity contribution in [1.82, 2.24) is 0 Å². The number of anilines is 2. The molecule has 2 N–H and O–H groups in total. The zero-order valence-electron chi connectivity index (χ0n) is 27.0. The molecule has 2 aliphatic carbocycles. The zero-order chi connectivity index (χ0) is 30.7. The third-order valence-electron chi connectivity index (χ3n) is 10.2. The Morgan fingerprint density at radius 1 is 0.857 bits per heavy atom. The van der Waals surface area contributed by atoms with E-state index >= 15 is 0 Å². The van der Waals surface area contributed by atoms with Gasteiger partial charge in [-0.25, -0.2) is 0 Å². The summed E-state index contributed by atoms with van der Waals surface area (Å²) in [5.41, 5.74) is 9.56. The number of carbonyl (C=O) groups is 2. The number of hydrogen-bond acceptors (Lipinski definition) is 4.